The molecule has 0 aromatic carbocycles. The Morgan fingerprint density at radius 2 is 2.33 bits per heavy atom. The maximum Gasteiger partial charge on any atom is 0.248 e. The lowest BCUT2D eigenvalue weighted by Crippen LogP contribution is -2.59. The molecule has 0 radical (unpaired) electrons. The number of nitrogens with zero attached hydrogens (tertiary/aromatic N) is 1. The van der Waals surface area contributed by atoms with Gasteiger partial charge in [-0.15, -0.1) is 0 Å². The molecule has 0 spiro atoms. The summed E-state index contributed by atoms with van der Waals surface area (Å²) in [6.07, 6.45) is 2.41. The standard InChI is InChI=1S/C14H26N2O2/c1-11(2)8-16-10-14(3,18-9-13(16)17)12-5-4-6-15-7-12/h11-12,15H,4-10H2,1-3H3. The van der Waals surface area contributed by atoms with Crippen molar-refractivity contribution >= 4 is 5.91 Å². The Morgan fingerprint density at radius 1 is 1.56 bits per heavy atom. The fourth-order valence-electron chi connectivity index (χ4n) is 3.06. The van der Waals surface area contributed by atoms with E-state index < -0.39 is 0 Å². The molecule has 4 nitrogen and oxygen atoms in total. The van der Waals surface area contributed by atoms with Gasteiger partial charge in [0.15, 0.2) is 0 Å². The molecule has 0 saturated carbocycles. The van der Waals surface area contributed by atoms with Crippen LogP contribution in [0.2, 0.25) is 0 Å². The highest BCUT2D eigenvalue weighted by molar-refractivity contribution is 5.78. The van der Waals surface area contributed by atoms with Crippen LogP contribution in [0, 0.1) is 11.8 Å². The van der Waals surface area contributed by atoms with Gasteiger partial charge in [0.2, 0.25) is 5.91 Å². The first kappa shape index (κ1) is 13.8. The third kappa shape index (κ3) is 3.04. The number of hydrogen-bond acceptors (Lipinski definition) is 3. The predicted molar refractivity (Wildman–Crippen MR) is 71.4 cm³/mol. The fraction of sp³-hybridized carbons (Fsp3) is 0.929. The number of carbonyl (C=O) groups excluding carboxylic acids is 1. The third-order valence-electron chi connectivity index (χ3n) is 4.13. The zero-order chi connectivity index (χ0) is 13.2. The first-order valence-electron chi connectivity index (χ1n) is 7.14. The number of morpholine rings is 1. The van der Waals surface area contributed by atoms with Gasteiger partial charge in [0.25, 0.3) is 0 Å². The van der Waals surface area contributed by atoms with Crippen LogP contribution in [0.5, 0.6) is 0 Å². The van der Waals surface area contributed by atoms with Gasteiger partial charge in [-0.05, 0) is 32.2 Å². The van der Waals surface area contributed by atoms with Crippen molar-refractivity contribution < 1.29 is 9.53 Å². The molecule has 2 aliphatic rings. The molecular weight excluding hydrogens is 228 g/mol. The van der Waals surface area contributed by atoms with E-state index in [9.17, 15) is 4.79 Å². The molecule has 2 aliphatic heterocycles. The van der Waals surface area contributed by atoms with E-state index in [1.807, 2.05) is 4.90 Å². The monoisotopic (exact) mass is 254 g/mol. The minimum atomic E-state index is -0.170. The molecule has 4 heteroatoms. The zero-order valence-electron chi connectivity index (χ0n) is 11.9. The van der Waals surface area contributed by atoms with Crippen molar-refractivity contribution in [2.45, 2.75) is 39.2 Å². The van der Waals surface area contributed by atoms with Gasteiger partial charge in [-0.2, -0.15) is 0 Å². The molecule has 2 saturated heterocycles. The Labute approximate surface area is 110 Å². The summed E-state index contributed by atoms with van der Waals surface area (Å²) >= 11 is 0. The van der Waals surface area contributed by atoms with E-state index in [2.05, 4.69) is 26.1 Å². The molecule has 0 aliphatic carbocycles. The van der Waals surface area contributed by atoms with E-state index in [0.29, 0.717) is 11.8 Å². The summed E-state index contributed by atoms with van der Waals surface area (Å²) in [5, 5.41) is 3.44. The fourth-order valence-corrected chi connectivity index (χ4v) is 3.06. The second kappa shape index (κ2) is 5.57. The molecule has 1 amide bonds. The lowest BCUT2D eigenvalue weighted by atomic mass is 9.82. The average molecular weight is 254 g/mol. The minimum absolute atomic E-state index is 0.143. The molecule has 0 aromatic heterocycles. The maximum absolute atomic E-state index is 11.9. The van der Waals surface area contributed by atoms with Crippen LogP contribution in [-0.4, -0.2) is 49.2 Å². The topological polar surface area (TPSA) is 41.6 Å². The number of hydrogen-bond donors (Lipinski definition) is 1. The predicted octanol–water partition coefficient (Wildman–Crippen LogP) is 1.26. The molecular formula is C14H26N2O2. The van der Waals surface area contributed by atoms with Gasteiger partial charge < -0.3 is 15.0 Å². The van der Waals surface area contributed by atoms with Gasteiger partial charge in [-0.1, -0.05) is 13.8 Å². The summed E-state index contributed by atoms with van der Waals surface area (Å²) in [6.45, 7) is 10.4. The summed E-state index contributed by atoms with van der Waals surface area (Å²) in [6, 6.07) is 0. The number of amides is 1. The molecule has 18 heavy (non-hydrogen) atoms. The van der Waals surface area contributed by atoms with Gasteiger partial charge in [-0.3, -0.25) is 4.79 Å². The largest absolute Gasteiger partial charge is 0.363 e. The first-order chi connectivity index (χ1) is 8.51. The molecule has 2 fully saturated rings. The van der Waals surface area contributed by atoms with E-state index in [1.54, 1.807) is 0 Å². The molecule has 2 atom stereocenters. The van der Waals surface area contributed by atoms with Crippen LogP contribution in [0.15, 0.2) is 0 Å². The van der Waals surface area contributed by atoms with Crippen LogP contribution in [0.25, 0.3) is 0 Å². The summed E-state index contributed by atoms with van der Waals surface area (Å²) in [7, 11) is 0. The van der Waals surface area contributed by atoms with Crippen molar-refractivity contribution in [1.29, 1.82) is 0 Å². The van der Waals surface area contributed by atoms with Crippen molar-refractivity contribution in [3.63, 3.8) is 0 Å². The smallest absolute Gasteiger partial charge is 0.248 e. The number of ether oxygens (including phenoxy) is 1. The second-order valence-electron chi connectivity index (χ2n) is 6.31. The molecule has 1 N–H and O–H groups in total. The highest BCUT2D eigenvalue weighted by Crippen LogP contribution is 2.31. The Balaban J connectivity index is 2.01. The van der Waals surface area contributed by atoms with Gasteiger partial charge in [0, 0.05) is 25.6 Å². The van der Waals surface area contributed by atoms with E-state index in [1.165, 1.54) is 12.8 Å². The zero-order valence-corrected chi connectivity index (χ0v) is 11.9. The average Bonchev–Trinajstić information content (AvgIpc) is 2.35. The van der Waals surface area contributed by atoms with E-state index >= 15 is 0 Å². The third-order valence-corrected chi connectivity index (χ3v) is 4.13. The van der Waals surface area contributed by atoms with Crippen molar-refractivity contribution in [2.75, 3.05) is 32.8 Å². The van der Waals surface area contributed by atoms with E-state index in [0.717, 1.165) is 26.2 Å². The normalized spacial score (nSPS) is 34.1. The molecule has 0 bridgehead atoms. The Hall–Kier alpha value is -0.610. The van der Waals surface area contributed by atoms with Crippen molar-refractivity contribution in [3.05, 3.63) is 0 Å². The van der Waals surface area contributed by atoms with Gasteiger partial charge in [-0.25, -0.2) is 0 Å². The number of rotatable bonds is 3. The Morgan fingerprint density at radius 3 is 2.94 bits per heavy atom. The van der Waals surface area contributed by atoms with Crippen molar-refractivity contribution in [1.82, 2.24) is 10.2 Å². The van der Waals surface area contributed by atoms with Crippen molar-refractivity contribution in [3.8, 4) is 0 Å². The van der Waals surface area contributed by atoms with Gasteiger partial charge in [0.05, 0.1) is 5.60 Å². The highest BCUT2D eigenvalue weighted by Gasteiger charge is 2.42. The summed E-state index contributed by atoms with van der Waals surface area (Å²) in [4.78, 5) is 13.9. The van der Waals surface area contributed by atoms with E-state index in [-0.39, 0.29) is 18.1 Å². The van der Waals surface area contributed by atoms with Crippen LogP contribution in [0.3, 0.4) is 0 Å². The van der Waals surface area contributed by atoms with Crippen LogP contribution in [0.1, 0.15) is 33.6 Å². The molecule has 104 valence electrons. The first-order valence-corrected chi connectivity index (χ1v) is 7.14. The van der Waals surface area contributed by atoms with Crippen LogP contribution in [-0.2, 0) is 9.53 Å². The number of carbonyl (C=O) groups is 1. The van der Waals surface area contributed by atoms with E-state index in [4.69, 9.17) is 4.74 Å². The lowest BCUT2D eigenvalue weighted by Gasteiger charge is -2.46. The SMILES string of the molecule is CC(C)CN1CC(C)(C2CCCNC2)OCC1=O. The Kier molecular flexibility index (Phi) is 4.28. The highest BCUT2D eigenvalue weighted by atomic mass is 16.5. The molecule has 0 aromatic rings. The maximum atomic E-state index is 11.9. The number of nitrogens with one attached hydrogen (secondary N) is 1. The minimum Gasteiger partial charge on any atom is -0.363 e. The molecule has 2 unspecified atom stereocenters. The molecule has 2 heterocycles. The van der Waals surface area contributed by atoms with Crippen LogP contribution < -0.4 is 5.32 Å². The Bertz CT molecular complexity index is 300. The van der Waals surface area contributed by atoms with Crippen LogP contribution in [0.4, 0.5) is 0 Å². The molecule has 2 rings (SSSR count). The van der Waals surface area contributed by atoms with Crippen LogP contribution >= 0.6 is 0 Å². The summed E-state index contributed by atoms with van der Waals surface area (Å²) in [5.74, 6) is 1.18. The summed E-state index contributed by atoms with van der Waals surface area (Å²) in [5.41, 5.74) is -0.170. The summed E-state index contributed by atoms with van der Waals surface area (Å²) < 4.78 is 5.90. The second-order valence-corrected chi connectivity index (χ2v) is 6.31. The van der Waals surface area contributed by atoms with Crippen molar-refractivity contribution in [2.24, 2.45) is 11.8 Å². The quantitative estimate of drug-likeness (QED) is 0.824. The van der Waals surface area contributed by atoms with Gasteiger partial charge >= 0.3 is 0 Å². The lowest BCUT2D eigenvalue weighted by molar-refractivity contribution is -0.172. The number of piperidine rings is 1. The van der Waals surface area contributed by atoms with Gasteiger partial charge in [0.1, 0.15) is 6.61 Å².